The first-order valence-electron chi connectivity index (χ1n) is 10.3. The fourth-order valence-corrected chi connectivity index (χ4v) is 3.86. The van der Waals surface area contributed by atoms with Crippen molar-refractivity contribution in [1.82, 2.24) is 24.7 Å². The van der Waals surface area contributed by atoms with Crippen LogP contribution in [0, 0.1) is 0 Å². The average Bonchev–Trinajstić information content (AvgIpc) is 3.37. The van der Waals surface area contributed by atoms with Crippen LogP contribution in [0.4, 0.5) is 24.8 Å². The molecule has 0 bridgehead atoms. The van der Waals surface area contributed by atoms with Gasteiger partial charge in [0.1, 0.15) is 29.4 Å². The number of amides is 1. The van der Waals surface area contributed by atoms with Crippen LogP contribution >= 0.6 is 0 Å². The second-order valence-corrected chi connectivity index (χ2v) is 8.36. The highest BCUT2D eigenvalue weighted by Gasteiger charge is 2.41. The topological polar surface area (TPSA) is 126 Å². The predicted octanol–water partition coefficient (Wildman–Crippen LogP) is 2.04. The van der Waals surface area contributed by atoms with E-state index in [1.807, 2.05) is 0 Å². The molecule has 1 atom stereocenters. The molecule has 10 nitrogen and oxygen atoms in total. The third kappa shape index (κ3) is 4.31. The lowest BCUT2D eigenvalue weighted by atomic mass is 10.1. The number of halogens is 3. The van der Waals surface area contributed by atoms with Gasteiger partial charge >= 0.3 is 6.18 Å². The third-order valence-electron chi connectivity index (χ3n) is 5.48. The zero-order valence-corrected chi connectivity index (χ0v) is 18.7. The van der Waals surface area contributed by atoms with Crippen molar-refractivity contribution in [1.29, 1.82) is 0 Å². The summed E-state index contributed by atoms with van der Waals surface area (Å²) in [5, 5.41) is 18.0. The van der Waals surface area contributed by atoms with Crippen molar-refractivity contribution < 1.29 is 23.1 Å². The third-order valence-corrected chi connectivity index (χ3v) is 5.48. The van der Waals surface area contributed by atoms with Crippen molar-refractivity contribution in [2.45, 2.75) is 38.3 Å². The molecule has 3 aromatic rings. The van der Waals surface area contributed by atoms with Crippen LogP contribution in [0.25, 0.3) is 11.5 Å². The molecule has 1 aliphatic rings. The number of alkyl halides is 3. The molecule has 0 aromatic carbocycles. The number of anilines is 2. The van der Waals surface area contributed by atoms with Crippen molar-refractivity contribution in [3.05, 3.63) is 47.4 Å². The lowest BCUT2D eigenvalue weighted by molar-refractivity contribution is -0.192. The van der Waals surface area contributed by atoms with Gasteiger partial charge in [0.25, 0.3) is 5.91 Å². The quantitative estimate of drug-likeness (QED) is 0.554. The number of hydrogen-bond acceptors (Lipinski definition) is 8. The first-order valence-corrected chi connectivity index (χ1v) is 10.3. The van der Waals surface area contributed by atoms with E-state index in [0.29, 0.717) is 22.6 Å². The zero-order valence-electron chi connectivity index (χ0n) is 18.7. The van der Waals surface area contributed by atoms with Gasteiger partial charge in [-0.1, -0.05) is 6.07 Å². The van der Waals surface area contributed by atoms with Gasteiger partial charge in [0, 0.05) is 26.2 Å². The van der Waals surface area contributed by atoms with E-state index in [0.717, 1.165) is 17.8 Å². The molecule has 0 spiro atoms. The Morgan fingerprint density at radius 3 is 2.62 bits per heavy atom. The van der Waals surface area contributed by atoms with Crippen LogP contribution in [-0.4, -0.2) is 56.0 Å². The molecule has 0 fully saturated rings. The van der Waals surface area contributed by atoms with Crippen LogP contribution in [-0.2, 0) is 18.8 Å². The number of fused-ring (bicyclic) bond motifs is 1. The van der Waals surface area contributed by atoms with E-state index in [1.165, 1.54) is 11.0 Å². The van der Waals surface area contributed by atoms with Gasteiger partial charge in [-0.25, -0.2) is 9.97 Å². The Labute approximate surface area is 192 Å². The molecule has 180 valence electrons. The lowest BCUT2D eigenvalue weighted by Crippen LogP contribution is -2.35. The van der Waals surface area contributed by atoms with Gasteiger partial charge in [0.15, 0.2) is 5.82 Å². The number of carbonyl (C=O) groups is 1. The molecule has 34 heavy (non-hydrogen) atoms. The maximum absolute atomic E-state index is 13.2. The van der Waals surface area contributed by atoms with E-state index < -0.39 is 18.3 Å². The number of aromatic nitrogens is 5. The minimum Gasteiger partial charge on any atom is -0.370 e. The molecule has 1 amide bonds. The molecule has 1 aliphatic heterocycles. The Balaban J connectivity index is 1.70. The van der Waals surface area contributed by atoms with Gasteiger partial charge in [0.2, 0.25) is 0 Å². The van der Waals surface area contributed by atoms with E-state index in [2.05, 4.69) is 20.2 Å². The van der Waals surface area contributed by atoms with Crippen molar-refractivity contribution in [2.75, 3.05) is 23.9 Å². The number of carbonyl (C=O) groups excluding carboxylic acids is 1. The molecule has 0 unspecified atom stereocenters. The van der Waals surface area contributed by atoms with Crippen LogP contribution in [0.3, 0.4) is 0 Å². The molecule has 3 aromatic heterocycles. The average molecular weight is 476 g/mol. The van der Waals surface area contributed by atoms with Gasteiger partial charge < -0.3 is 15.7 Å². The Kier molecular flexibility index (Phi) is 5.77. The summed E-state index contributed by atoms with van der Waals surface area (Å²) in [4.78, 5) is 25.4. The second-order valence-electron chi connectivity index (χ2n) is 8.36. The van der Waals surface area contributed by atoms with Crippen LogP contribution in [0.2, 0.25) is 0 Å². The maximum atomic E-state index is 13.2. The van der Waals surface area contributed by atoms with Gasteiger partial charge in [-0.3, -0.25) is 14.3 Å². The number of nitrogens with two attached hydrogens (primary N) is 1. The molecule has 4 rings (SSSR count). The Hall–Kier alpha value is -3.58. The second kappa shape index (κ2) is 8.33. The highest BCUT2D eigenvalue weighted by Crippen LogP contribution is 2.34. The fraction of sp³-hybridized carbons (Fsp3) is 0.381. The fourth-order valence-electron chi connectivity index (χ4n) is 3.86. The molecule has 0 saturated heterocycles. The zero-order chi connectivity index (χ0) is 24.8. The summed E-state index contributed by atoms with van der Waals surface area (Å²) in [5.74, 6) is 0.485. The number of pyridine rings is 2. The highest BCUT2D eigenvalue weighted by molar-refractivity contribution is 6.10. The Morgan fingerprint density at radius 1 is 1.24 bits per heavy atom. The minimum atomic E-state index is -4.62. The van der Waals surface area contributed by atoms with E-state index in [1.54, 1.807) is 37.2 Å². The van der Waals surface area contributed by atoms with Crippen molar-refractivity contribution in [2.24, 2.45) is 5.73 Å². The van der Waals surface area contributed by atoms with E-state index in [9.17, 15) is 23.1 Å². The molecule has 0 saturated carbocycles. The molecule has 4 heterocycles. The van der Waals surface area contributed by atoms with Gasteiger partial charge in [-0.15, -0.1) is 10.2 Å². The molecular weight excluding hydrogens is 453 g/mol. The maximum Gasteiger partial charge on any atom is 0.393 e. The minimum absolute atomic E-state index is 0.0699. The number of hydrogen-bond donors (Lipinski definition) is 2. The summed E-state index contributed by atoms with van der Waals surface area (Å²) in [6.45, 7) is 1.36. The molecule has 0 radical (unpaired) electrons. The van der Waals surface area contributed by atoms with Crippen LogP contribution in [0.15, 0.2) is 30.6 Å². The summed E-state index contributed by atoms with van der Waals surface area (Å²) >= 11 is 0. The first kappa shape index (κ1) is 23.6. The van der Waals surface area contributed by atoms with Crippen molar-refractivity contribution in [3.63, 3.8) is 0 Å². The first-order chi connectivity index (χ1) is 15.9. The number of rotatable bonds is 6. The summed E-state index contributed by atoms with van der Waals surface area (Å²) in [6.07, 6.45) is -5.11. The molecular formula is C21H23F3N8O2. The van der Waals surface area contributed by atoms with Crippen molar-refractivity contribution >= 4 is 17.5 Å². The standard InChI is InChI=1S/C21H23F3N8O2/c1-20(34,10-21(22,23)24)32-11-26-29-18(32)14-5-4-6-16(27-14)31-9-13-12(19(31)33)7-17(30(2)3)28-15(13)8-25/h4-7,11,34H,8-10,25H2,1-3H3/t20-/m0/s1. The smallest absolute Gasteiger partial charge is 0.370 e. The molecule has 0 aliphatic carbocycles. The predicted molar refractivity (Wildman–Crippen MR) is 117 cm³/mol. The van der Waals surface area contributed by atoms with Gasteiger partial charge in [0.05, 0.1) is 24.2 Å². The normalized spacial score (nSPS) is 15.4. The van der Waals surface area contributed by atoms with E-state index >= 15 is 0 Å². The van der Waals surface area contributed by atoms with Crippen LogP contribution < -0.4 is 15.5 Å². The largest absolute Gasteiger partial charge is 0.393 e. The summed E-state index contributed by atoms with van der Waals surface area (Å²) < 4.78 is 39.8. The van der Waals surface area contributed by atoms with Crippen LogP contribution in [0.5, 0.6) is 0 Å². The van der Waals surface area contributed by atoms with Crippen LogP contribution in [0.1, 0.15) is 35.0 Å². The van der Waals surface area contributed by atoms with Crippen molar-refractivity contribution in [3.8, 4) is 11.5 Å². The molecule has 3 N–H and O–H groups in total. The highest BCUT2D eigenvalue weighted by atomic mass is 19.4. The molecule has 13 heteroatoms. The summed E-state index contributed by atoms with van der Waals surface area (Å²) in [7, 11) is 3.61. The Bertz CT molecular complexity index is 1240. The Morgan fingerprint density at radius 2 is 1.97 bits per heavy atom. The summed E-state index contributed by atoms with van der Waals surface area (Å²) in [5.41, 5.74) is 5.42. The number of aliphatic hydroxyl groups is 1. The van der Waals surface area contributed by atoms with Gasteiger partial charge in [-0.05, 0) is 25.1 Å². The number of nitrogens with zero attached hydrogens (tertiary/aromatic N) is 7. The van der Waals surface area contributed by atoms with E-state index in [4.69, 9.17) is 5.73 Å². The van der Waals surface area contributed by atoms with Gasteiger partial charge in [-0.2, -0.15) is 13.2 Å². The monoisotopic (exact) mass is 476 g/mol. The van der Waals surface area contributed by atoms with E-state index in [-0.39, 0.29) is 36.3 Å². The SMILES string of the molecule is CN(C)c1cc2c(c(CN)n1)CN(c1cccc(-c3nncn3[C@@](C)(O)CC(F)(F)F)n1)C2=O. The summed E-state index contributed by atoms with van der Waals surface area (Å²) in [6, 6.07) is 6.40. The lowest BCUT2D eigenvalue weighted by Gasteiger charge is -2.27.